The summed E-state index contributed by atoms with van der Waals surface area (Å²) in [4.78, 5) is 18.0. The van der Waals surface area contributed by atoms with Gasteiger partial charge < -0.3 is 31.0 Å². The van der Waals surface area contributed by atoms with Crippen molar-refractivity contribution in [3.8, 4) is 0 Å². The van der Waals surface area contributed by atoms with E-state index >= 15 is 4.39 Å². The van der Waals surface area contributed by atoms with Gasteiger partial charge in [0.05, 0.1) is 12.1 Å². The predicted molar refractivity (Wildman–Crippen MR) is 182 cm³/mol. The van der Waals surface area contributed by atoms with E-state index in [0.29, 0.717) is 53.5 Å². The fourth-order valence-corrected chi connectivity index (χ4v) is 5.74. The monoisotopic (exact) mass is 661 g/mol. The van der Waals surface area contributed by atoms with Gasteiger partial charge in [-0.05, 0) is 87.9 Å². The Morgan fingerprint density at radius 2 is 1.89 bits per heavy atom. The Morgan fingerprint density at radius 3 is 2.49 bits per heavy atom. The summed E-state index contributed by atoms with van der Waals surface area (Å²) in [5, 5.41) is 10.4. The lowest BCUT2D eigenvalue weighted by Crippen LogP contribution is -2.54. The molecule has 3 rings (SSSR count). The number of rotatable bonds is 16. The third-order valence-corrected chi connectivity index (χ3v) is 8.44. The molecule has 1 saturated heterocycles. The van der Waals surface area contributed by atoms with Crippen LogP contribution >= 0.6 is 11.6 Å². The van der Waals surface area contributed by atoms with Gasteiger partial charge in [0, 0.05) is 59.3 Å². The van der Waals surface area contributed by atoms with Gasteiger partial charge in [0.25, 0.3) is 0 Å². The smallest absolute Gasteiger partial charge is 0.242 e. The summed E-state index contributed by atoms with van der Waals surface area (Å²) in [5.41, 5.74) is 8.57. The average Bonchev–Trinajstić information content (AvgIpc) is 3.00. The van der Waals surface area contributed by atoms with Crippen LogP contribution in [0.5, 0.6) is 0 Å². The molecule has 0 spiro atoms. The van der Waals surface area contributed by atoms with E-state index in [2.05, 4.69) is 27.5 Å². The number of benzene rings is 2. The first-order valence-corrected chi connectivity index (χ1v) is 16.8. The molecule has 3 unspecified atom stereocenters. The first kappa shape index (κ1) is 36.5. The number of aliphatic imine (C=N–C) groups is 1. The summed E-state index contributed by atoms with van der Waals surface area (Å²) >= 11 is 4.35. The number of hydrogen-bond donors (Lipinski definition) is 5. The Bertz CT molecular complexity index is 1360. The molecule has 12 heteroatoms. The molecule has 45 heavy (non-hydrogen) atoms. The van der Waals surface area contributed by atoms with Crippen LogP contribution in [-0.4, -0.2) is 64.0 Å². The summed E-state index contributed by atoms with van der Waals surface area (Å²) < 4.78 is 40.6. The normalized spacial score (nSPS) is 19.3. The van der Waals surface area contributed by atoms with E-state index in [1.165, 1.54) is 6.07 Å². The summed E-state index contributed by atoms with van der Waals surface area (Å²) in [6, 6.07) is 10.9. The third-order valence-electron chi connectivity index (χ3n) is 7.55. The van der Waals surface area contributed by atoms with Gasteiger partial charge in [-0.1, -0.05) is 36.4 Å². The van der Waals surface area contributed by atoms with Crippen LogP contribution in [0.25, 0.3) is 0 Å². The number of nitrogens with one attached hydrogen (secondary N) is 3. The molecule has 1 aliphatic rings. The zero-order valence-electron chi connectivity index (χ0n) is 26.1. The number of carbonyl (C=O) groups is 1. The third kappa shape index (κ3) is 11.7. The van der Waals surface area contributed by atoms with Gasteiger partial charge in [0.2, 0.25) is 11.8 Å². The molecule has 1 amide bonds. The molecule has 1 heterocycles. The van der Waals surface area contributed by atoms with Crippen molar-refractivity contribution in [1.29, 1.82) is 0 Å². The fourth-order valence-electron chi connectivity index (χ4n) is 5.20. The molecular weight excluding hydrogens is 617 g/mol. The molecule has 1 fully saturated rings. The lowest BCUT2D eigenvalue weighted by Gasteiger charge is -2.31. The summed E-state index contributed by atoms with van der Waals surface area (Å²) in [7, 11) is 0. The Kier molecular flexibility index (Phi) is 14.8. The predicted octanol–water partition coefficient (Wildman–Crippen LogP) is 5.31. The Morgan fingerprint density at radius 1 is 1.22 bits per heavy atom. The summed E-state index contributed by atoms with van der Waals surface area (Å²) in [6.07, 6.45) is 5.71. The molecule has 2 aromatic carbocycles. The molecule has 0 radical (unpaired) electrons. The van der Waals surface area contributed by atoms with Crippen LogP contribution < -0.4 is 21.7 Å². The first-order chi connectivity index (χ1) is 21.5. The Labute approximate surface area is 273 Å². The maximum absolute atomic E-state index is 15.1. The number of amides is 1. The number of carbonyl (C=O) groups excluding carboxylic acids is 1. The highest BCUT2D eigenvalue weighted by Crippen LogP contribution is 2.29. The van der Waals surface area contributed by atoms with Crippen LogP contribution in [0, 0.1) is 5.82 Å². The molecule has 0 bridgehead atoms. The number of allylic oxidation sites excluding steroid dienone is 1. The van der Waals surface area contributed by atoms with Crippen LogP contribution in [0.2, 0.25) is 5.02 Å². The van der Waals surface area contributed by atoms with Gasteiger partial charge in [0.15, 0.2) is 11.1 Å². The van der Waals surface area contributed by atoms with Crippen molar-refractivity contribution in [1.82, 2.24) is 10.6 Å². The molecule has 5 atom stereocenters. The van der Waals surface area contributed by atoms with Crippen LogP contribution in [0.4, 0.5) is 10.1 Å². The largest absolute Gasteiger partial charge is 0.475 e. The Hall–Kier alpha value is -2.93. The standard InChI is InChI=1S/C33H45ClFN5O4S/c1-5-30(44-21(2)3)39-18-22(4)31(23-11-13-24(34)14-12-23)32(36)33(41)40-29-10-6-9-28(35)27(29)16-15-26-20-37-25(19-38-26)8-7-17-45(42)43/h5-6,9-14,18,21,25-26,31-32,37-38H,4,7-8,15-17,19-20,36H2,1-3H3,(H,40,41)(H,42,43)/b30-5+,39-18?/t25?,26?,31-,32+/m1/s1. The highest BCUT2D eigenvalue weighted by molar-refractivity contribution is 7.79. The van der Waals surface area contributed by atoms with Crippen molar-refractivity contribution in [2.24, 2.45) is 10.7 Å². The highest BCUT2D eigenvalue weighted by atomic mass is 35.5. The van der Waals surface area contributed by atoms with Crippen molar-refractivity contribution in [2.45, 2.75) is 76.6 Å². The molecular formula is C33H45ClFN5O4S. The fraction of sp³-hybridized carbons (Fsp3) is 0.455. The lowest BCUT2D eigenvalue weighted by molar-refractivity contribution is -0.117. The van der Waals surface area contributed by atoms with Crippen LogP contribution in [-0.2, 0) is 27.0 Å². The van der Waals surface area contributed by atoms with Gasteiger partial charge in [0.1, 0.15) is 5.82 Å². The number of ether oxygens (including phenoxy) is 1. The van der Waals surface area contributed by atoms with E-state index in [1.807, 2.05) is 20.8 Å². The summed E-state index contributed by atoms with van der Waals surface area (Å²) in [5.74, 6) is -0.872. The minimum Gasteiger partial charge on any atom is -0.475 e. The molecule has 6 N–H and O–H groups in total. The SMILES string of the molecule is C=C(C=N/C(=C\C)OC(C)C)[C@H](c1ccc(Cl)cc1)[C@H](N)C(=O)Nc1cccc(F)c1CCC1CNC(CCCS(=O)O)CN1. The molecule has 246 valence electrons. The second-order valence-electron chi connectivity index (χ2n) is 11.4. The molecule has 2 aromatic rings. The molecule has 1 aliphatic heterocycles. The second kappa shape index (κ2) is 18.3. The molecule has 0 aliphatic carbocycles. The van der Waals surface area contributed by atoms with E-state index in [-0.39, 0.29) is 23.9 Å². The van der Waals surface area contributed by atoms with Gasteiger partial charge >= 0.3 is 0 Å². The summed E-state index contributed by atoms with van der Waals surface area (Å²) in [6.45, 7) is 11.2. The van der Waals surface area contributed by atoms with Crippen LogP contribution in [0.3, 0.4) is 0 Å². The maximum Gasteiger partial charge on any atom is 0.242 e. The van der Waals surface area contributed by atoms with E-state index in [9.17, 15) is 9.00 Å². The van der Waals surface area contributed by atoms with E-state index < -0.39 is 34.8 Å². The number of hydrogen-bond acceptors (Lipinski definition) is 7. The van der Waals surface area contributed by atoms with E-state index in [0.717, 1.165) is 18.5 Å². The zero-order chi connectivity index (χ0) is 32.9. The van der Waals surface area contributed by atoms with Crippen molar-refractivity contribution in [3.05, 3.63) is 88.5 Å². The minimum atomic E-state index is -1.78. The van der Waals surface area contributed by atoms with E-state index in [4.69, 9.17) is 26.6 Å². The topological polar surface area (TPSA) is 138 Å². The van der Waals surface area contributed by atoms with Crippen molar-refractivity contribution in [3.63, 3.8) is 0 Å². The van der Waals surface area contributed by atoms with Crippen molar-refractivity contribution >= 4 is 40.5 Å². The number of piperazine rings is 1. The van der Waals surface area contributed by atoms with Crippen LogP contribution in [0.1, 0.15) is 57.1 Å². The quantitative estimate of drug-likeness (QED) is 0.0934. The van der Waals surface area contributed by atoms with E-state index in [1.54, 1.807) is 48.7 Å². The first-order valence-electron chi connectivity index (χ1n) is 15.2. The van der Waals surface area contributed by atoms with Gasteiger partial charge in [-0.2, -0.15) is 0 Å². The second-order valence-corrected chi connectivity index (χ2v) is 12.8. The van der Waals surface area contributed by atoms with Gasteiger partial charge in [-0.25, -0.2) is 13.6 Å². The minimum absolute atomic E-state index is 0.0688. The number of anilines is 1. The number of nitrogens with two attached hydrogens (primary N) is 1. The zero-order valence-corrected chi connectivity index (χ0v) is 27.7. The lowest BCUT2D eigenvalue weighted by atomic mass is 9.85. The number of halogens is 2. The molecule has 0 saturated carbocycles. The molecule has 9 nitrogen and oxygen atoms in total. The van der Waals surface area contributed by atoms with Gasteiger partial charge in [-0.15, -0.1) is 0 Å². The number of nitrogens with zero attached hydrogens (tertiary/aromatic N) is 1. The highest BCUT2D eigenvalue weighted by Gasteiger charge is 2.29. The average molecular weight is 662 g/mol. The van der Waals surface area contributed by atoms with Crippen molar-refractivity contribution < 1.29 is 22.7 Å². The Balaban J connectivity index is 1.71. The molecule has 0 aromatic heterocycles. The van der Waals surface area contributed by atoms with Gasteiger partial charge in [-0.3, -0.25) is 4.79 Å². The van der Waals surface area contributed by atoms with Crippen LogP contribution in [0.15, 0.2) is 71.6 Å². The van der Waals surface area contributed by atoms with Crippen molar-refractivity contribution in [2.75, 3.05) is 24.2 Å². The maximum atomic E-state index is 15.1.